The zero-order valence-corrected chi connectivity index (χ0v) is 20.2. The molecule has 1 fully saturated rings. The molecule has 0 saturated carbocycles. The van der Waals surface area contributed by atoms with Gasteiger partial charge in [-0.25, -0.2) is 0 Å². The van der Waals surface area contributed by atoms with Crippen molar-refractivity contribution in [3.05, 3.63) is 29.3 Å². The number of fused-ring (bicyclic) bond motifs is 1. The van der Waals surface area contributed by atoms with E-state index in [1.165, 1.54) is 0 Å². The van der Waals surface area contributed by atoms with Crippen molar-refractivity contribution < 1.29 is 14.4 Å². The SMILES string of the molecule is CCC(=O)NCCN1C(=O)C(C)(C)Cc2ccc(C(=O)N(C(C)C)[C@@H]3CCCNC3)cc21. The third-order valence-corrected chi connectivity index (χ3v) is 6.51. The highest BCUT2D eigenvalue weighted by atomic mass is 16.2. The molecule has 0 spiro atoms. The van der Waals surface area contributed by atoms with Crippen molar-refractivity contribution in [3.8, 4) is 0 Å². The van der Waals surface area contributed by atoms with Crippen LogP contribution in [0, 0.1) is 5.41 Å². The summed E-state index contributed by atoms with van der Waals surface area (Å²) in [6.45, 7) is 12.4. The Morgan fingerprint density at radius 3 is 2.69 bits per heavy atom. The second kappa shape index (κ2) is 10.0. The first-order valence-electron chi connectivity index (χ1n) is 11.9. The number of hydrogen-bond acceptors (Lipinski definition) is 4. The number of hydrogen-bond donors (Lipinski definition) is 2. The van der Waals surface area contributed by atoms with Crippen molar-refractivity contribution in [1.29, 1.82) is 0 Å². The Morgan fingerprint density at radius 2 is 2.06 bits per heavy atom. The molecule has 7 nitrogen and oxygen atoms in total. The van der Waals surface area contributed by atoms with E-state index in [4.69, 9.17) is 0 Å². The van der Waals surface area contributed by atoms with E-state index in [1.807, 2.05) is 36.9 Å². The van der Waals surface area contributed by atoms with Crippen LogP contribution < -0.4 is 15.5 Å². The molecule has 0 radical (unpaired) electrons. The van der Waals surface area contributed by atoms with Gasteiger partial charge in [0.2, 0.25) is 11.8 Å². The number of nitrogens with one attached hydrogen (secondary N) is 2. The summed E-state index contributed by atoms with van der Waals surface area (Å²) in [5.41, 5.74) is 1.93. The summed E-state index contributed by atoms with van der Waals surface area (Å²) >= 11 is 0. The molecule has 0 aliphatic carbocycles. The van der Waals surface area contributed by atoms with Gasteiger partial charge in [-0.1, -0.05) is 26.8 Å². The normalized spacial score (nSPS) is 20.1. The van der Waals surface area contributed by atoms with Crippen LogP contribution in [0.1, 0.15) is 69.8 Å². The van der Waals surface area contributed by atoms with Gasteiger partial charge >= 0.3 is 0 Å². The summed E-state index contributed by atoms with van der Waals surface area (Å²) < 4.78 is 0. The molecule has 1 saturated heterocycles. The van der Waals surface area contributed by atoms with Crippen LogP contribution >= 0.6 is 0 Å². The molecule has 1 aromatic rings. The second-order valence-corrected chi connectivity index (χ2v) is 9.87. The lowest BCUT2D eigenvalue weighted by Crippen LogP contribution is -2.52. The standard InChI is InChI=1S/C25H38N4O3/c1-6-22(30)27-12-13-28-21-14-18(9-10-19(21)15-25(4,5)24(28)32)23(31)29(17(2)3)20-8-7-11-26-16-20/h9-10,14,17,20,26H,6-8,11-13,15-16H2,1-5H3,(H,27,30)/t20-/m1/s1. The largest absolute Gasteiger partial charge is 0.354 e. The Morgan fingerprint density at radius 1 is 1.31 bits per heavy atom. The molecule has 0 aromatic heterocycles. The number of carbonyl (C=O) groups is 3. The molecular formula is C25H38N4O3. The summed E-state index contributed by atoms with van der Waals surface area (Å²) in [5, 5.41) is 6.26. The highest BCUT2D eigenvalue weighted by Gasteiger charge is 2.39. The minimum Gasteiger partial charge on any atom is -0.354 e. The molecule has 3 rings (SSSR count). The van der Waals surface area contributed by atoms with Gasteiger partial charge in [-0.15, -0.1) is 0 Å². The zero-order valence-electron chi connectivity index (χ0n) is 20.2. The minimum atomic E-state index is -0.523. The second-order valence-electron chi connectivity index (χ2n) is 9.87. The van der Waals surface area contributed by atoms with Crippen LogP contribution in [0.25, 0.3) is 0 Å². The highest BCUT2D eigenvalue weighted by molar-refractivity contribution is 6.02. The van der Waals surface area contributed by atoms with Crippen molar-refractivity contribution >= 4 is 23.4 Å². The number of amides is 3. The number of benzene rings is 1. The average Bonchev–Trinajstić information content (AvgIpc) is 2.76. The average molecular weight is 443 g/mol. The molecule has 7 heteroatoms. The van der Waals surface area contributed by atoms with Crippen LogP contribution in [-0.4, -0.2) is 60.9 Å². The third-order valence-electron chi connectivity index (χ3n) is 6.51. The number of nitrogens with zero attached hydrogens (tertiary/aromatic N) is 2. The van der Waals surface area contributed by atoms with Crippen LogP contribution in [0.5, 0.6) is 0 Å². The van der Waals surface area contributed by atoms with Gasteiger partial charge in [-0.2, -0.15) is 0 Å². The van der Waals surface area contributed by atoms with Crippen LogP contribution in [0.4, 0.5) is 5.69 Å². The lowest BCUT2D eigenvalue weighted by atomic mass is 9.80. The Balaban J connectivity index is 1.90. The summed E-state index contributed by atoms with van der Waals surface area (Å²) in [7, 11) is 0. The number of anilines is 1. The molecule has 1 aromatic carbocycles. The van der Waals surface area contributed by atoms with E-state index in [2.05, 4.69) is 24.5 Å². The Kier molecular flexibility index (Phi) is 7.59. The Labute approximate surface area is 191 Å². The highest BCUT2D eigenvalue weighted by Crippen LogP contribution is 2.38. The van der Waals surface area contributed by atoms with Crippen molar-refractivity contribution in [2.75, 3.05) is 31.1 Å². The van der Waals surface area contributed by atoms with Gasteiger partial charge in [-0.3, -0.25) is 14.4 Å². The maximum absolute atomic E-state index is 13.6. The van der Waals surface area contributed by atoms with E-state index in [0.717, 1.165) is 37.2 Å². The van der Waals surface area contributed by atoms with Gasteiger partial charge in [0, 0.05) is 54.8 Å². The van der Waals surface area contributed by atoms with Crippen molar-refractivity contribution in [2.45, 2.75) is 72.4 Å². The van der Waals surface area contributed by atoms with E-state index in [1.54, 1.807) is 11.8 Å². The van der Waals surface area contributed by atoms with E-state index in [-0.39, 0.29) is 29.8 Å². The molecular weight excluding hydrogens is 404 g/mol. The van der Waals surface area contributed by atoms with Crippen LogP contribution in [0.15, 0.2) is 18.2 Å². The summed E-state index contributed by atoms with van der Waals surface area (Å²) in [6.07, 6.45) is 3.10. The maximum Gasteiger partial charge on any atom is 0.254 e. The van der Waals surface area contributed by atoms with Gasteiger partial charge in [0.1, 0.15) is 0 Å². The fraction of sp³-hybridized carbons (Fsp3) is 0.640. The first-order valence-corrected chi connectivity index (χ1v) is 11.9. The molecule has 176 valence electrons. The topological polar surface area (TPSA) is 81.8 Å². The number of carbonyl (C=O) groups excluding carboxylic acids is 3. The van der Waals surface area contributed by atoms with E-state index < -0.39 is 5.41 Å². The summed E-state index contributed by atoms with van der Waals surface area (Å²) in [6, 6.07) is 6.03. The molecule has 2 aliphatic heterocycles. The predicted octanol–water partition coefficient (Wildman–Crippen LogP) is 2.73. The first kappa shape index (κ1) is 24.2. The van der Waals surface area contributed by atoms with Gasteiger partial charge in [0.15, 0.2) is 0 Å². The van der Waals surface area contributed by atoms with E-state index in [9.17, 15) is 14.4 Å². The van der Waals surface area contributed by atoms with Crippen molar-refractivity contribution in [3.63, 3.8) is 0 Å². The third kappa shape index (κ3) is 5.14. The fourth-order valence-electron chi connectivity index (χ4n) is 4.82. The number of piperidine rings is 1. The molecule has 3 amide bonds. The van der Waals surface area contributed by atoms with Crippen LogP contribution in [0.2, 0.25) is 0 Å². The van der Waals surface area contributed by atoms with Crippen molar-refractivity contribution in [1.82, 2.24) is 15.5 Å². The molecule has 32 heavy (non-hydrogen) atoms. The molecule has 1 atom stereocenters. The Bertz CT molecular complexity index is 859. The molecule has 2 aliphatic rings. The summed E-state index contributed by atoms with van der Waals surface area (Å²) in [4.78, 5) is 42.2. The molecule has 2 N–H and O–H groups in total. The maximum atomic E-state index is 13.6. The molecule has 0 bridgehead atoms. The number of rotatable bonds is 7. The van der Waals surface area contributed by atoms with Crippen LogP contribution in [0.3, 0.4) is 0 Å². The summed E-state index contributed by atoms with van der Waals surface area (Å²) in [5.74, 6) is -0.00269. The molecule has 0 unspecified atom stereocenters. The van der Waals surface area contributed by atoms with E-state index >= 15 is 0 Å². The van der Waals surface area contributed by atoms with E-state index in [0.29, 0.717) is 31.5 Å². The minimum absolute atomic E-state index is 0.00742. The predicted molar refractivity (Wildman–Crippen MR) is 127 cm³/mol. The van der Waals surface area contributed by atoms with Gasteiger partial charge in [-0.05, 0) is 57.4 Å². The lowest BCUT2D eigenvalue weighted by molar-refractivity contribution is -0.127. The lowest BCUT2D eigenvalue weighted by Gasteiger charge is -2.40. The zero-order chi connectivity index (χ0) is 23.5. The smallest absolute Gasteiger partial charge is 0.254 e. The van der Waals surface area contributed by atoms with Gasteiger partial charge in [0.05, 0.1) is 0 Å². The monoisotopic (exact) mass is 442 g/mol. The molecule has 2 heterocycles. The van der Waals surface area contributed by atoms with Crippen LogP contribution in [-0.2, 0) is 16.0 Å². The fourth-order valence-corrected chi connectivity index (χ4v) is 4.82. The van der Waals surface area contributed by atoms with Gasteiger partial charge < -0.3 is 20.4 Å². The van der Waals surface area contributed by atoms with Gasteiger partial charge in [0.25, 0.3) is 5.91 Å². The first-order chi connectivity index (χ1) is 15.2. The Hall–Kier alpha value is -2.41. The quantitative estimate of drug-likeness (QED) is 0.680. The van der Waals surface area contributed by atoms with Crippen molar-refractivity contribution in [2.24, 2.45) is 5.41 Å².